The number of rotatable bonds is 4. The van der Waals surface area contributed by atoms with Crippen LogP contribution in [0.1, 0.15) is 18.1 Å². The minimum Gasteiger partial charge on any atom is -0.411 e. The van der Waals surface area contributed by atoms with E-state index in [0.29, 0.717) is 16.4 Å². The second kappa shape index (κ2) is 6.90. The van der Waals surface area contributed by atoms with Crippen molar-refractivity contribution in [1.82, 2.24) is 0 Å². The molecule has 21 heavy (non-hydrogen) atoms. The Morgan fingerprint density at radius 3 is 2.33 bits per heavy atom. The summed E-state index contributed by atoms with van der Waals surface area (Å²) in [6.07, 6.45) is 0.288. The predicted molar refractivity (Wildman–Crippen MR) is 84.2 cm³/mol. The van der Waals surface area contributed by atoms with Crippen molar-refractivity contribution in [2.75, 3.05) is 5.32 Å². The van der Waals surface area contributed by atoms with E-state index in [9.17, 15) is 4.79 Å². The second-order valence-electron chi connectivity index (χ2n) is 4.61. The fourth-order valence-electron chi connectivity index (χ4n) is 1.85. The molecule has 4 nitrogen and oxygen atoms in total. The smallest absolute Gasteiger partial charge is 0.228 e. The molecule has 0 saturated carbocycles. The molecule has 2 N–H and O–H groups in total. The molecule has 0 bridgehead atoms. The summed E-state index contributed by atoms with van der Waals surface area (Å²) in [6.45, 7) is 1.70. The van der Waals surface area contributed by atoms with E-state index in [1.165, 1.54) is 0 Å². The lowest BCUT2D eigenvalue weighted by Gasteiger charge is -2.06. The number of carbonyl (C=O) groups excluding carboxylic acids is 1. The molecular weight excluding hydrogens is 288 g/mol. The van der Waals surface area contributed by atoms with Crippen molar-refractivity contribution < 1.29 is 10.0 Å². The summed E-state index contributed by atoms with van der Waals surface area (Å²) >= 11 is 5.80. The molecule has 5 heteroatoms. The van der Waals surface area contributed by atoms with Crippen molar-refractivity contribution in [3.63, 3.8) is 0 Å². The minimum atomic E-state index is -0.0994. The standard InChI is InChI=1S/C16H15ClN2O2/c1-11(19-21)13-4-8-15(9-5-13)18-16(20)10-12-2-6-14(17)7-3-12/h2-9,21H,10H2,1H3,(H,18,20)/b19-11+. The molecule has 0 aliphatic carbocycles. The molecule has 0 heterocycles. The third-order valence-corrected chi connectivity index (χ3v) is 3.27. The molecule has 0 unspecified atom stereocenters. The summed E-state index contributed by atoms with van der Waals surface area (Å²) in [5, 5.41) is 15.3. The van der Waals surface area contributed by atoms with Gasteiger partial charge in [0.25, 0.3) is 0 Å². The highest BCUT2D eigenvalue weighted by Gasteiger charge is 2.05. The number of nitrogens with one attached hydrogen (secondary N) is 1. The van der Waals surface area contributed by atoms with E-state index in [1.54, 1.807) is 43.3 Å². The van der Waals surface area contributed by atoms with Crippen LogP contribution in [0, 0.1) is 0 Å². The average molecular weight is 303 g/mol. The Morgan fingerprint density at radius 1 is 1.14 bits per heavy atom. The van der Waals surface area contributed by atoms with E-state index in [1.807, 2.05) is 12.1 Å². The molecule has 0 fully saturated rings. The number of halogens is 1. The zero-order valence-corrected chi connectivity index (χ0v) is 12.3. The van der Waals surface area contributed by atoms with Gasteiger partial charge >= 0.3 is 0 Å². The molecule has 1 amide bonds. The van der Waals surface area contributed by atoms with Crippen molar-refractivity contribution in [2.45, 2.75) is 13.3 Å². The summed E-state index contributed by atoms with van der Waals surface area (Å²) in [4.78, 5) is 11.9. The molecule has 0 aliphatic rings. The fraction of sp³-hybridized carbons (Fsp3) is 0.125. The summed E-state index contributed by atoms with van der Waals surface area (Å²) in [5.41, 5.74) is 2.92. The van der Waals surface area contributed by atoms with Gasteiger partial charge in [0.2, 0.25) is 5.91 Å². The normalized spacial score (nSPS) is 11.2. The lowest BCUT2D eigenvalue weighted by Crippen LogP contribution is -2.14. The van der Waals surface area contributed by atoms with Gasteiger partial charge in [-0.25, -0.2) is 0 Å². The number of nitrogens with zero attached hydrogens (tertiary/aromatic N) is 1. The van der Waals surface area contributed by atoms with Crippen LogP contribution in [0.15, 0.2) is 53.7 Å². The van der Waals surface area contributed by atoms with Crippen LogP contribution in [-0.2, 0) is 11.2 Å². The van der Waals surface area contributed by atoms with Crippen LogP contribution in [0.2, 0.25) is 5.02 Å². The fourth-order valence-corrected chi connectivity index (χ4v) is 1.97. The van der Waals surface area contributed by atoms with E-state index in [2.05, 4.69) is 10.5 Å². The molecule has 2 aromatic rings. The maximum Gasteiger partial charge on any atom is 0.228 e. The average Bonchev–Trinajstić information content (AvgIpc) is 2.49. The minimum absolute atomic E-state index is 0.0994. The van der Waals surface area contributed by atoms with Crippen molar-refractivity contribution >= 4 is 28.9 Å². The first-order valence-electron chi connectivity index (χ1n) is 6.42. The zero-order chi connectivity index (χ0) is 15.2. The molecule has 2 rings (SSSR count). The van der Waals surface area contributed by atoms with Crippen molar-refractivity contribution in [3.8, 4) is 0 Å². The van der Waals surface area contributed by atoms with Crippen LogP contribution < -0.4 is 5.32 Å². The summed E-state index contributed by atoms with van der Waals surface area (Å²) < 4.78 is 0. The number of amides is 1. The van der Waals surface area contributed by atoms with Gasteiger partial charge < -0.3 is 10.5 Å². The maximum absolute atomic E-state index is 11.9. The third-order valence-electron chi connectivity index (χ3n) is 3.01. The molecule has 0 atom stereocenters. The molecule has 0 aromatic heterocycles. The Hall–Kier alpha value is -2.33. The highest BCUT2D eigenvalue weighted by molar-refractivity contribution is 6.30. The van der Waals surface area contributed by atoms with Crippen LogP contribution in [0.5, 0.6) is 0 Å². The van der Waals surface area contributed by atoms with E-state index in [-0.39, 0.29) is 12.3 Å². The van der Waals surface area contributed by atoms with Gasteiger partial charge in [0.05, 0.1) is 12.1 Å². The Bertz CT molecular complexity index is 649. The second-order valence-corrected chi connectivity index (χ2v) is 5.05. The van der Waals surface area contributed by atoms with Crippen LogP contribution in [0.4, 0.5) is 5.69 Å². The quantitative estimate of drug-likeness (QED) is 0.513. The van der Waals surface area contributed by atoms with Crippen LogP contribution in [-0.4, -0.2) is 16.8 Å². The van der Waals surface area contributed by atoms with Crippen LogP contribution in [0.3, 0.4) is 0 Å². The van der Waals surface area contributed by atoms with Gasteiger partial charge in [0.15, 0.2) is 0 Å². The van der Waals surface area contributed by atoms with Gasteiger partial charge in [-0.05, 0) is 42.3 Å². The van der Waals surface area contributed by atoms with E-state index >= 15 is 0 Å². The first-order chi connectivity index (χ1) is 10.1. The molecule has 0 saturated heterocycles. The van der Waals surface area contributed by atoms with E-state index in [4.69, 9.17) is 16.8 Å². The lowest BCUT2D eigenvalue weighted by atomic mass is 10.1. The lowest BCUT2D eigenvalue weighted by molar-refractivity contribution is -0.115. The summed E-state index contributed by atoms with van der Waals surface area (Å²) in [5.74, 6) is -0.0994. The van der Waals surface area contributed by atoms with E-state index in [0.717, 1.165) is 11.1 Å². The number of anilines is 1. The van der Waals surface area contributed by atoms with Gasteiger partial charge in [-0.15, -0.1) is 0 Å². The molecule has 108 valence electrons. The maximum atomic E-state index is 11.9. The molecule has 0 spiro atoms. The Kier molecular flexibility index (Phi) is 4.95. The van der Waals surface area contributed by atoms with Gasteiger partial charge in [-0.1, -0.05) is 41.0 Å². The molecule has 0 radical (unpaired) electrons. The molecular formula is C16H15ClN2O2. The predicted octanol–water partition coefficient (Wildman–Crippen LogP) is 3.72. The number of hydrogen-bond acceptors (Lipinski definition) is 3. The SMILES string of the molecule is C/C(=N\O)c1ccc(NC(=O)Cc2ccc(Cl)cc2)cc1. The van der Waals surface area contributed by atoms with Crippen LogP contribution >= 0.6 is 11.6 Å². The van der Waals surface area contributed by atoms with Gasteiger partial charge in [-0.3, -0.25) is 4.79 Å². The topological polar surface area (TPSA) is 61.7 Å². The number of oxime groups is 1. The summed E-state index contributed by atoms with van der Waals surface area (Å²) in [7, 11) is 0. The van der Waals surface area contributed by atoms with Crippen LogP contribution in [0.25, 0.3) is 0 Å². The van der Waals surface area contributed by atoms with Gasteiger partial charge in [0, 0.05) is 10.7 Å². The van der Waals surface area contributed by atoms with Crippen molar-refractivity contribution in [1.29, 1.82) is 0 Å². The Labute approximate surface area is 128 Å². The highest BCUT2D eigenvalue weighted by atomic mass is 35.5. The Morgan fingerprint density at radius 2 is 1.76 bits per heavy atom. The highest BCUT2D eigenvalue weighted by Crippen LogP contribution is 2.13. The number of hydrogen-bond donors (Lipinski definition) is 2. The van der Waals surface area contributed by atoms with Gasteiger partial charge in [0.1, 0.15) is 0 Å². The first-order valence-corrected chi connectivity index (χ1v) is 6.79. The zero-order valence-electron chi connectivity index (χ0n) is 11.5. The van der Waals surface area contributed by atoms with Crippen molar-refractivity contribution in [2.24, 2.45) is 5.16 Å². The molecule has 0 aliphatic heterocycles. The largest absolute Gasteiger partial charge is 0.411 e. The number of benzene rings is 2. The first kappa shape index (κ1) is 15.1. The monoisotopic (exact) mass is 302 g/mol. The van der Waals surface area contributed by atoms with Crippen molar-refractivity contribution in [3.05, 3.63) is 64.7 Å². The number of carbonyl (C=O) groups is 1. The Balaban J connectivity index is 1.98. The summed E-state index contributed by atoms with van der Waals surface area (Å²) in [6, 6.07) is 14.3. The molecule has 2 aromatic carbocycles. The van der Waals surface area contributed by atoms with E-state index < -0.39 is 0 Å². The van der Waals surface area contributed by atoms with Gasteiger partial charge in [-0.2, -0.15) is 0 Å². The third kappa shape index (κ3) is 4.33.